The summed E-state index contributed by atoms with van der Waals surface area (Å²) >= 11 is 0. The van der Waals surface area contributed by atoms with Crippen LogP contribution < -0.4 is 0 Å². The highest BCUT2D eigenvalue weighted by Gasteiger charge is 2.16. The third kappa shape index (κ3) is 3.01. The first-order valence-electron chi connectivity index (χ1n) is 6.54. The summed E-state index contributed by atoms with van der Waals surface area (Å²) < 4.78 is 8.52. The average molecular weight is 278 g/mol. The van der Waals surface area contributed by atoms with Gasteiger partial charge in [-0.3, -0.25) is 4.68 Å². The van der Waals surface area contributed by atoms with Gasteiger partial charge in [0.2, 0.25) is 0 Å². The summed E-state index contributed by atoms with van der Waals surface area (Å²) in [4.78, 5) is 11.9. The Morgan fingerprint density at radius 1 is 1.45 bits per heavy atom. The summed E-state index contributed by atoms with van der Waals surface area (Å²) in [6, 6.07) is 0. The van der Waals surface area contributed by atoms with Gasteiger partial charge in [0.15, 0.2) is 12.4 Å². The van der Waals surface area contributed by atoms with Gasteiger partial charge in [-0.15, -0.1) is 5.10 Å². The van der Waals surface area contributed by atoms with Gasteiger partial charge in [-0.05, 0) is 23.8 Å². The maximum Gasteiger partial charge on any atom is 0.342 e. The van der Waals surface area contributed by atoms with E-state index in [4.69, 9.17) is 4.74 Å². The van der Waals surface area contributed by atoms with E-state index in [-0.39, 0.29) is 6.61 Å². The normalized spacial score (nSPS) is 10.8. The summed E-state index contributed by atoms with van der Waals surface area (Å²) in [5.74, 6) is 0.133. The second-order valence-electron chi connectivity index (χ2n) is 4.52. The summed E-state index contributed by atoms with van der Waals surface area (Å²) in [5, 5.41) is 15.4. The van der Waals surface area contributed by atoms with Crippen LogP contribution in [-0.4, -0.2) is 36.0 Å². The summed E-state index contributed by atoms with van der Waals surface area (Å²) in [5.41, 5.74) is 1.22. The van der Waals surface area contributed by atoms with E-state index < -0.39 is 5.97 Å². The van der Waals surface area contributed by atoms with Crippen molar-refractivity contribution in [3.8, 4) is 0 Å². The smallest absolute Gasteiger partial charge is 0.342 e. The number of unbranched alkanes of at least 4 members (excludes halogenated alkanes) is 1. The van der Waals surface area contributed by atoms with E-state index in [1.807, 2.05) is 6.92 Å². The number of nitrogens with zero attached hydrogens (tertiary/aromatic N) is 6. The van der Waals surface area contributed by atoms with Gasteiger partial charge < -0.3 is 4.74 Å². The van der Waals surface area contributed by atoms with Crippen molar-refractivity contribution >= 4 is 5.97 Å². The number of ether oxygens (including phenoxy) is 1. The molecule has 2 rings (SSSR count). The van der Waals surface area contributed by atoms with Gasteiger partial charge in [0, 0.05) is 19.3 Å². The number of carbonyl (C=O) groups is 1. The quantitative estimate of drug-likeness (QED) is 0.729. The van der Waals surface area contributed by atoms with Gasteiger partial charge in [0.05, 0.1) is 6.20 Å². The third-order valence-corrected chi connectivity index (χ3v) is 3.12. The van der Waals surface area contributed by atoms with Crippen molar-refractivity contribution in [3.05, 3.63) is 23.3 Å². The molecule has 0 saturated carbocycles. The minimum atomic E-state index is -0.416. The number of esters is 1. The molecule has 2 aromatic heterocycles. The first-order chi connectivity index (χ1) is 9.63. The molecule has 0 saturated heterocycles. The maximum absolute atomic E-state index is 11.9. The van der Waals surface area contributed by atoms with Crippen LogP contribution in [0.4, 0.5) is 0 Å². The Hall–Kier alpha value is -2.25. The van der Waals surface area contributed by atoms with E-state index in [0.717, 1.165) is 25.1 Å². The Bertz CT molecular complexity index is 589. The molecule has 0 amide bonds. The first-order valence-corrected chi connectivity index (χ1v) is 6.54. The first kappa shape index (κ1) is 14.2. The number of aromatic nitrogens is 6. The fourth-order valence-corrected chi connectivity index (χ4v) is 1.72. The average Bonchev–Trinajstić information content (AvgIpc) is 3.02. The molecule has 0 radical (unpaired) electrons. The molecule has 2 aromatic rings. The largest absolute Gasteiger partial charge is 0.454 e. The second-order valence-corrected chi connectivity index (χ2v) is 4.52. The zero-order valence-corrected chi connectivity index (χ0v) is 11.9. The van der Waals surface area contributed by atoms with Crippen LogP contribution in [0.3, 0.4) is 0 Å². The SMILES string of the molecule is CCCCn1nnnc1COC(=O)c1cnn(C)c1C. The Balaban J connectivity index is 1.97. The Morgan fingerprint density at radius 2 is 2.25 bits per heavy atom. The van der Waals surface area contributed by atoms with Gasteiger partial charge in [-0.2, -0.15) is 5.10 Å². The van der Waals surface area contributed by atoms with E-state index in [0.29, 0.717) is 11.4 Å². The predicted octanol–water partition coefficient (Wildman–Crippen LogP) is 0.872. The van der Waals surface area contributed by atoms with Crippen LogP contribution in [0.15, 0.2) is 6.20 Å². The number of hydrogen-bond donors (Lipinski definition) is 0. The van der Waals surface area contributed by atoms with Gasteiger partial charge in [-0.1, -0.05) is 13.3 Å². The van der Waals surface area contributed by atoms with E-state index in [9.17, 15) is 4.79 Å². The molecular weight excluding hydrogens is 260 g/mol. The fourth-order valence-electron chi connectivity index (χ4n) is 1.72. The molecule has 8 nitrogen and oxygen atoms in total. The van der Waals surface area contributed by atoms with Crippen molar-refractivity contribution in [2.24, 2.45) is 7.05 Å². The van der Waals surface area contributed by atoms with Crippen LogP contribution in [0.25, 0.3) is 0 Å². The molecule has 0 fully saturated rings. The number of carbonyl (C=O) groups excluding carboxylic acids is 1. The minimum Gasteiger partial charge on any atom is -0.454 e. The lowest BCUT2D eigenvalue weighted by molar-refractivity contribution is 0.0455. The Kier molecular flexibility index (Phi) is 4.44. The van der Waals surface area contributed by atoms with Crippen LogP contribution in [-0.2, 0) is 24.9 Å². The van der Waals surface area contributed by atoms with Crippen molar-refractivity contribution in [2.45, 2.75) is 39.8 Å². The maximum atomic E-state index is 11.9. The molecule has 0 aliphatic heterocycles. The molecule has 0 spiro atoms. The minimum absolute atomic E-state index is 0.0594. The Labute approximate surface area is 116 Å². The monoisotopic (exact) mass is 278 g/mol. The lowest BCUT2D eigenvalue weighted by Crippen LogP contribution is -2.11. The van der Waals surface area contributed by atoms with Crippen molar-refractivity contribution in [1.29, 1.82) is 0 Å². The predicted molar refractivity (Wildman–Crippen MR) is 69.8 cm³/mol. The van der Waals surface area contributed by atoms with E-state index in [1.165, 1.54) is 6.20 Å². The molecule has 0 aromatic carbocycles. The number of hydrogen-bond acceptors (Lipinski definition) is 6. The number of rotatable bonds is 6. The highest BCUT2D eigenvalue weighted by molar-refractivity contribution is 5.90. The lowest BCUT2D eigenvalue weighted by atomic mass is 10.3. The molecule has 108 valence electrons. The van der Waals surface area contributed by atoms with Crippen molar-refractivity contribution in [2.75, 3.05) is 0 Å². The molecule has 0 bridgehead atoms. The van der Waals surface area contributed by atoms with Crippen molar-refractivity contribution < 1.29 is 9.53 Å². The van der Waals surface area contributed by atoms with Crippen molar-refractivity contribution in [1.82, 2.24) is 30.0 Å². The standard InChI is InChI=1S/C12H18N6O2/c1-4-5-6-18-11(14-15-16-18)8-20-12(19)10-7-13-17(3)9(10)2/h7H,4-6,8H2,1-3H3. The highest BCUT2D eigenvalue weighted by Crippen LogP contribution is 2.09. The van der Waals surface area contributed by atoms with E-state index >= 15 is 0 Å². The Morgan fingerprint density at radius 3 is 2.90 bits per heavy atom. The molecule has 0 atom stereocenters. The zero-order valence-electron chi connectivity index (χ0n) is 11.9. The van der Waals surface area contributed by atoms with Gasteiger partial charge >= 0.3 is 5.97 Å². The van der Waals surface area contributed by atoms with Crippen molar-refractivity contribution in [3.63, 3.8) is 0 Å². The molecule has 2 heterocycles. The molecule has 0 N–H and O–H groups in total. The topological polar surface area (TPSA) is 87.7 Å². The number of aryl methyl sites for hydroxylation is 2. The van der Waals surface area contributed by atoms with Crippen LogP contribution >= 0.6 is 0 Å². The summed E-state index contributed by atoms with van der Waals surface area (Å²) in [7, 11) is 1.78. The summed E-state index contributed by atoms with van der Waals surface area (Å²) in [6.45, 7) is 4.69. The van der Waals surface area contributed by atoms with Crippen LogP contribution in [0.1, 0.15) is 41.6 Å². The lowest BCUT2D eigenvalue weighted by Gasteiger charge is -2.05. The van der Waals surface area contributed by atoms with E-state index in [1.54, 1.807) is 16.4 Å². The molecular formula is C12H18N6O2. The second kappa shape index (κ2) is 6.27. The number of tetrazole rings is 1. The van der Waals surface area contributed by atoms with Gasteiger partial charge in [0.1, 0.15) is 5.56 Å². The van der Waals surface area contributed by atoms with Crippen LogP contribution in [0.2, 0.25) is 0 Å². The third-order valence-electron chi connectivity index (χ3n) is 3.12. The van der Waals surface area contributed by atoms with Gasteiger partial charge in [-0.25, -0.2) is 9.48 Å². The zero-order chi connectivity index (χ0) is 14.5. The van der Waals surface area contributed by atoms with Crippen LogP contribution in [0.5, 0.6) is 0 Å². The molecule has 0 unspecified atom stereocenters. The molecule has 8 heteroatoms. The molecule has 20 heavy (non-hydrogen) atoms. The molecule has 0 aliphatic rings. The summed E-state index contributed by atoms with van der Waals surface area (Å²) in [6.07, 6.45) is 3.53. The van der Waals surface area contributed by atoms with Crippen LogP contribution in [0, 0.1) is 6.92 Å². The fraction of sp³-hybridized carbons (Fsp3) is 0.583. The highest BCUT2D eigenvalue weighted by atomic mass is 16.5. The molecule has 0 aliphatic carbocycles. The van der Waals surface area contributed by atoms with E-state index in [2.05, 4.69) is 27.5 Å². The van der Waals surface area contributed by atoms with Gasteiger partial charge in [0.25, 0.3) is 0 Å².